The number of hydrogen-bond donors (Lipinski definition) is 0. The number of benzene rings is 1. The standard InChI is InChI=1S/C15H13ClFNO2/c16-13-2-1-3-14(17)12(13)8-18(11-4-5-11)15(19)10-6-7-20-9-10/h1-3,6-7,9,11H,4-5,8H2. The van der Waals surface area contributed by atoms with Gasteiger partial charge in [-0.1, -0.05) is 17.7 Å². The van der Waals surface area contributed by atoms with E-state index < -0.39 is 0 Å². The van der Waals surface area contributed by atoms with Crippen molar-refractivity contribution in [2.45, 2.75) is 25.4 Å². The summed E-state index contributed by atoms with van der Waals surface area (Å²) in [6.07, 6.45) is 4.74. The number of hydrogen-bond acceptors (Lipinski definition) is 2. The summed E-state index contributed by atoms with van der Waals surface area (Å²) in [5, 5.41) is 0.343. The van der Waals surface area contributed by atoms with E-state index in [0.29, 0.717) is 16.1 Å². The van der Waals surface area contributed by atoms with Crippen LogP contribution in [0, 0.1) is 5.82 Å². The van der Waals surface area contributed by atoms with Crippen LogP contribution in [0.1, 0.15) is 28.8 Å². The summed E-state index contributed by atoms with van der Waals surface area (Å²) < 4.78 is 18.8. The maximum absolute atomic E-state index is 13.9. The van der Waals surface area contributed by atoms with E-state index >= 15 is 0 Å². The van der Waals surface area contributed by atoms with E-state index in [0.717, 1.165) is 12.8 Å². The molecule has 0 radical (unpaired) electrons. The maximum atomic E-state index is 13.9. The van der Waals surface area contributed by atoms with Gasteiger partial charge in [0.05, 0.1) is 18.4 Å². The Balaban J connectivity index is 1.87. The molecule has 0 aliphatic heterocycles. The number of carbonyl (C=O) groups is 1. The number of amides is 1. The van der Waals surface area contributed by atoms with E-state index in [1.165, 1.54) is 18.6 Å². The normalized spacial score (nSPS) is 14.3. The minimum absolute atomic E-state index is 0.152. The third-order valence-electron chi connectivity index (χ3n) is 3.41. The lowest BCUT2D eigenvalue weighted by atomic mass is 10.1. The number of nitrogens with zero attached hydrogens (tertiary/aromatic N) is 1. The number of halogens is 2. The van der Waals surface area contributed by atoms with Crippen LogP contribution in [0.15, 0.2) is 41.2 Å². The zero-order valence-corrected chi connectivity index (χ0v) is 11.4. The van der Waals surface area contributed by atoms with Crippen LogP contribution in [0.4, 0.5) is 4.39 Å². The van der Waals surface area contributed by atoms with Gasteiger partial charge in [0.1, 0.15) is 12.1 Å². The first-order valence-corrected chi connectivity index (χ1v) is 6.80. The summed E-state index contributed by atoms with van der Waals surface area (Å²) >= 11 is 6.03. The average Bonchev–Trinajstić information content (AvgIpc) is 3.11. The molecule has 20 heavy (non-hydrogen) atoms. The monoisotopic (exact) mass is 293 g/mol. The van der Waals surface area contributed by atoms with Crippen molar-refractivity contribution in [3.63, 3.8) is 0 Å². The quantitative estimate of drug-likeness (QED) is 0.857. The molecule has 1 aromatic carbocycles. The van der Waals surface area contributed by atoms with Gasteiger partial charge in [-0.25, -0.2) is 4.39 Å². The van der Waals surface area contributed by atoms with Gasteiger partial charge in [-0.3, -0.25) is 4.79 Å². The van der Waals surface area contributed by atoms with Gasteiger partial charge >= 0.3 is 0 Å². The van der Waals surface area contributed by atoms with Crippen molar-refractivity contribution in [1.82, 2.24) is 4.90 Å². The minimum Gasteiger partial charge on any atom is -0.472 e. The number of furan rings is 1. The second kappa shape index (κ2) is 5.29. The Morgan fingerprint density at radius 3 is 2.80 bits per heavy atom. The molecule has 0 atom stereocenters. The lowest BCUT2D eigenvalue weighted by Gasteiger charge is -2.22. The Hall–Kier alpha value is -1.81. The van der Waals surface area contributed by atoms with Gasteiger partial charge in [-0.2, -0.15) is 0 Å². The Labute approximate surface area is 120 Å². The van der Waals surface area contributed by atoms with Crippen molar-refractivity contribution in [3.8, 4) is 0 Å². The fourth-order valence-electron chi connectivity index (χ4n) is 2.16. The minimum atomic E-state index is -0.386. The molecule has 104 valence electrons. The van der Waals surface area contributed by atoms with Crippen molar-refractivity contribution in [1.29, 1.82) is 0 Å². The molecule has 0 N–H and O–H groups in total. The topological polar surface area (TPSA) is 33.5 Å². The molecule has 3 nitrogen and oxygen atoms in total. The lowest BCUT2D eigenvalue weighted by molar-refractivity contribution is 0.0727. The fourth-order valence-corrected chi connectivity index (χ4v) is 2.38. The molecule has 0 bridgehead atoms. The van der Waals surface area contributed by atoms with Gasteiger partial charge in [-0.15, -0.1) is 0 Å². The van der Waals surface area contributed by atoms with E-state index in [9.17, 15) is 9.18 Å². The van der Waals surface area contributed by atoms with Crippen LogP contribution in [0.2, 0.25) is 5.02 Å². The van der Waals surface area contributed by atoms with Crippen LogP contribution >= 0.6 is 11.6 Å². The lowest BCUT2D eigenvalue weighted by Crippen LogP contribution is -2.32. The molecule has 0 unspecified atom stereocenters. The molecule has 3 rings (SSSR count). The molecule has 5 heteroatoms. The van der Waals surface area contributed by atoms with Crippen LogP contribution in [0.3, 0.4) is 0 Å². The first kappa shape index (κ1) is 13.2. The number of rotatable bonds is 4. The van der Waals surface area contributed by atoms with Crippen LogP contribution in [-0.4, -0.2) is 16.8 Å². The van der Waals surface area contributed by atoms with Gasteiger partial charge < -0.3 is 9.32 Å². The fraction of sp³-hybridized carbons (Fsp3) is 0.267. The molecule has 1 saturated carbocycles. The Morgan fingerprint density at radius 1 is 1.40 bits per heavy atom. The van der Waals surface area contributed by atoms with Crippen molar-refractivity contribution < 1.29 is 13.6 Å². The third-order valence-corrected chi connectivity index (χ3v) is 3.76. The van der Waals surface area contributed by atoms with Gasteiger partial charge in [0.25, 0.3) is 5.91 Å². The van der Waals surface area contributed by atoms with Crippen LogP contribution in [0.5, 0.6) is 0 Å². The molecule has 0 spiro atoms. The third kappa shape index (κ3) is 2.56. The van der Waals surface area contributed by atoms with E-state index in [4.69, 9.17) is 16.0 Å². The van der Waals surface area contributed by atoms with Gasteiger partial charge in [0, 0.05) is 16.6 Å². The van der Waals surface area contributed by atoms with Gasteiger partial charge in [-0.05, 0) is 31.0 Å². The summed E-state index contributed by atoms with van der Waals surface area (Å²) in [6.45, 7) is 0.181. The van der Waals surface area contributed by atoms with Crippen molar-refractivity contribution in [3.05, 3.63) is 58.8 Å². The summed E-state index contributed by atoms with van der Waals surface area (Å²) in [5.41, 5.74) is 0.835. The summed E-state index contributed by atoms with van der Waals surface area (Å²) in [6, 6.07) is 6.32. The van der Waals surface area contributed by atoms with Crippen LogP contribution in [-0.2, 0) is 6.54 Å². The summed E-state index contributed by atoms with van der Waals surface area (Å²) in [5.74, 6) is -0.538. The van der Waals surface area contributed by atoms with E-state index in [1.807, 2.05) is 0 Å². The Kier molecular flexibility index (Phi) is 3.49. The highest BCUT2D eigenvalue weighted by molar-refractivity contribution is 6.31. The smallest absolute Gasteiger partial charge is 0.257 e. The first-order chi connectivity index (χ1) is 9.66. The van der Waals surface area contributed by atoms with E-state index in [-0.39, 0.29) is 24.3 Å². The second-order valence-electron chi connectivity index (χ2n) is 4.88. The average molecular weight is 294 g/mol. The number of carbonyl (C=O) groups excluding carboxylic acids is 1. The van der Waals surface area contributed by atoms with Crippen LogP contribution in [0.25, 0.3) is 0 Å². The predicted octanol–water partition coefficient (Wildman–Crippen LogP) is 3.88. The molecule has 0 saturated heterocycles. The summed E-state index contributed by atoms with van der Waals surface area (Å²) in [7, 11) is 0. The SMILES string of the molecule is O=C(c1ccoc1)N(Cc1c(F)cccc1Cl)C1CC1. The zero-order valence-electron chi connectivity index (χ0n) is 10.7. The maximum Gasteiger partial charge on any atom is 0.257 e. The molecule has 1 amide bonds. The molecular weight excluding hydrogens is 281 g/mol. The molecule has 1 aliphatic rings. The Morgan fingerprint density at radius 2 is 2.20 bits per heavy atom. The zero-order chi connectivity index (χ0) is 14.1. The first-order valence-electron chi connectivity index (χ1n) is 6.43. The predicted molar refractivity (Wildman–Crippen MR) is 73.0 cm³/mol. The second-order valence-corrected chi connectivity index (χ2v) is 5.28. The van der Waals surface area contributed by atoms with Crippen molar-refractivity contribution in [2.75, 3.05) is 0 Å². The highest BCUT2D eigenvalue weighted by Gasteiger charge is 2.34. The van der Waals surface area contributed by atoms with Crippen LogP contribution < -0.4 is 0 Å². The van der Waals surface area contributed by atoms with Gasteiger partial charge in [0.2, 0.25) is 0 Å². The van der Waals surface area contributed by atoms with E-state index in [2.05, 4.69) is 0 Å². The summed E-state index contributed by atoms with van der Waals surface area (Å²) in [4.78, 5) is 14.1. The Bertz CT molecular complexity index is 603. The van der Waals surface area contributed by atoms with Crippen molar-refractivity contribution in [2.24, 2.45) is 0 Å². The molecule has 1 fully saturated rings. The molecule has 1 aliphatic carbocycles. The highest BCUT2D eigenvalue weighted by Crippen LogP contribution is 2.32. The van der Waals surface area contributed by atoms with E-state index in [1.54, 1.807) is 23.1 Å². The van der Waals surface area contributed by atoms with Crippen molar-refractivity contribution >= 4 is 17.5 Å². The molecule has 2 aromatic rings. The highest BCUT2D eigenvalue weighted by atomic mass is 35.5. The largest absolute Gasteiger partial charge is 0.472 e. The molecule has 1 heterocycles. The van der Waals surface area contributed by atoms with Gasteiger partial charge in [0.15, 0.2) is 0 Å². The molecular formula is C15H13ClFNO2. The molecule has 1 aromatic heterocycles.